The summed E-state index contributed by atoms with van der Waals surface area (Å²) in [6.07, 6.45) is 7.53. The topological polar surface area (TPSA) is 24.4 Å². The molecule has 0 aromatic carbocycles. The van der Waals surface area contributed by atoms with E-state index in [4.69, 9.17) is 0 Å². The van der Waals surface area contributed by atoms with Crippen molar-refractivity contribution < 1.29 is 0 Å². The molecule has 1 aliphatic rings. The summed E-state index contributed by atoms with van der Waals surface area (Å²) < 4.78 is 0. The summed E-state index contributed by atoms with van der Waals surface area (Å²) >= 11 is 0. The van der Waals surface area contributed by atoms with E-state index in [1.807, 2.05) is 0 Å². The number of amidine groups is 1. The molecule has 0 aromatic rings. The maximum atomic E-state index is 4.45. The molecule has 0 spiro atoms. The van der Waals surface area contributed by atoms with Gasteiger partial charge in [-0.1, -0.05) is 32.9 Å². The van der Waals surface area contributed by atoms with Gasteiger partial charge in [0.2, 0.25) is 0 Å². The SMILES string of the molecule is C=CNC1=NCCC/C1=C/C(C)CC. The standard InChI is InChI=1S/C12H20N2/c1-4-10(3)9-11-7-6-8-14-12(11)13-5-2/h5,9-10H,2,4,6-8H2,1,3H3,(H,13,14)/b11-9-. The van der Waals surface area contributed by atoms with E-state index in [-0.39, 0.29) is 0 Å². The summed E-state index contributed by atoms with van der Waals surface area (Å²) in [5.41, 5.74) is 1.35. The number of rotatable bonds is 3. The molecule has 0 amide bonds. The van der Waals surface area contributed by atoms with Gasteiger partial charge in [-0.25, -0.2) is 0 Å². The zero-order valence-electron chi connectivity index (χ0n) is 9.21. The van der Waals surface area contributed by atoms with Gasteiger partial charge < -0.3 is 5.32 Å². The Bertz CT molecular complexity index is 251. The molecule has 0 saturated heterocycles. The fourth-order valence-corrected chi connectivity index (χ4v) is 1.54. The largest absolute Gasteiger partial charge is 0.347 e. The summed E-state index contributed by atoms with van der Waals surface area (Å²) in [6, 6.07) is 0. The zero-order chi connectivity index (χ0) is 10.4. The third-order valence-electron chi connectivity index (χ3n) is 2.55. The van der Waals surface area contributed by atoms with Gasteiger partial charge in [-0.2, -0.15) is 0 Å². The Balaban J connectivity index is 2.74. The lowest BCUT2D eigenvalue weighted by Gasteiger charge is -2.17. The predicted octanol–water partition coefficient (Wildman–Crippen LogP) is 2.88. The first-order chi connectivity index (χ1) is 6.77. The molecule has 2 nitrogen and oxygen atoms in total. The van der Waals surface area contributed by atoms with Crippen LogP contribution in [0.2, 0.25) is 0 Å². The van der Waals surface area contributed by atoms with Gasteiger partial charge >= 0.3 is 0 Å². The molecule has 0 aliphatic carbocycles. The molecule has 14 heavy (non-hydrogen) atoms. The summed E-state index contributed by atoms with van der Waals surface area (Å²) in [4.78, 5) is 4.45. The van der Waals surface area contributed by atoms with Crippen LogP contribution in [-0.2, 0) is 0 Å². The van der Waals surface area contributed by atoms with Crippen molar-refractivity contribution in [3.05, 3.63) is 24.4 Å². The van der Waals surface area contributed by atoms with Gasteiger partial charge in [0, 0.05) is 6.54 Å². The summed E-state index contributed by atoms with van der Waals surface area (Å²) in [7, 11) is 0. The number of allylic oxidation sites excluding steroid dienone is 1. The average Bonchev–Trinajstić information content (AvgIpc) is 2.21. The van der Waals surface area contributed by atoms with E-state index in [0.29, 0.717) is 5.92 Å². The van der Waals surface area contributed by atoms with Crippen LogP contribution in [-0.4, -0.2) is 12.4 Å². The average molecular weight is 192 g/mol. The van der Waals surface area contributed by atoms with Gasteiger partial charge in [-0.05, 0) is 30.5 Å². The molecule has 1 heterocycles. The highest BCUT2D eigenvalue weighted by molar-refractivity contribution is 5.99. The Labute approximate surface area is 86.8 Å². The Hall–Kier alpha value is -1.05. The van der Waals surface area contributed by atoms with Crippen LogP contribution in [0.3, 0.4) is 0 Å². The van der Waals surface area contributed by atoms with Gasteiger partial charge in [0.15, 0.2) is 0 Å². The molecule has 0 fully saturated rings. The van der Waals surface area contributed by atoms with Gasteiger partial charge in [-0.3, -0.25) is 4.99 Å². The van der Waals surface area contributed by atoms with Crippen molar-refractivity contribution in [3.63, 3.8) is 0 Å². The molecule has 1 atom stereocenters. The molecule has 78 valence electrons. The summed E-state index contributed by atoms with van der Waals surface area (Å²) in [6.45, 7) is 9.06. The van der Waals surface area contributed by atoms with Crippen LogP contribution < -0.4 is 5.32 Å². The van der Waals surface area contributed by atoms with Crippen LogP contribution in [0.1, 0.15) is 33.1 Å². The smallest absolute Gasteiger partial charge is 0.127 e. The Morgan fingerprint density at radius 3 is 3.07 bits per heavy atom. The Morgan fingerprint density at radius 1 is 1.64 bits per heavy atom. The maximum absolute atomic E-state index is 4.45. The maximum Gasteiger partial charge on any atom is 0.127 e. The zero-order valence-corrected chi connectivity index (χ0v) is 9.21. The summed E-state index contributed by atoms with van der Waals surface area (Å²) in [5, 5.41) is 3.11. The number of nitrogens with one attached hydrogen (secondary N) is 1. The molecule has 2 heteroatoms. The van der Waals surface area contributed by atoms with E-state index in [0.717, 1.165) is 18.8 Å². The third kappa shape index (κ3) is 3.02. The minimum absolute atomic E-state index is 0.639. The van der Waals surface area contributed by atoms with Crippen molar-refractivity contribution in [3.8, 4) is 0 Å². The highest BCUT2D eigenvalue weighted by Gasteiger charge is 2.11. The molecule has 0 bridgehead atoms. The van der Waals surface area contributed by atoms with E-state index >= 15 is 0 Å². The van der Waals surface area contributed by atoms with E-state index < -0.39 is 0 Å². The first-order valence-corrected chi connectivity index (χ1v) is 5.41. The molecule has 1 rings (SSSR count). The lowest BCUT2D eigenvalue weighted by molar-refractivity contribution is 0.685. The molecule has 1 N–H and O–H groups in total. The second kappa shape index (κ2) is 5.63. The van der Waals surface area contributed by atoms with Crippen LogP contribution in [0.25, 0.3) is 0 Å². The molecule has 1 unspecified atom stereocenters. The fraction of sp³-hybridized carbons (Fsp3) is 0.583. The second-order valence-corrected chi connectivity index (χ2v) is 3.76. The molecule has 0 radical (unpaired) electrons. The Morgan fingerprint density at radius 2 is 2.43 bits per heavy atom. The quantitative estimate of drug-likeness (QED) is 0.730. The fourth-order valence-electron chi connectivity index (χ4n) is 1.54. The predicted molar refractivity (Wildman–Crippen MR) is 62.4 cm³/mol. The van der Waals surface area contributed by atoms with E-state index in [9.17, 15) is 0 Å². The van der Waals surface area contributed by atoms with Crippen molar-refractivity contribution in [2.75, 3.05) is 6.54 Å². The van der Waals surface area contributed by atoms with Crippen molar-refractivity contribution >= 4 is 5.84 Å². The van der Waals surface area contributed by atoms with Crippen LogP contribution in [0, 0.1) is 5.92 Å². The lowest BCUT2D eigenvalue weighted by Crippen LogP contribution is -2.23. The van der Waals surface area contributed by atoms with Crippen molar-refractivity contribution in [1.29, 1.82) is 0 Å². The first-order valence-electron chi connectivity index (χ1n) is 5.41. The number of aliphatic imine (C=N–C) groups is 1. The highest BCUT2D eigenvalue weighted by Crippen LogP contribution is 2.16. The Kier molecular flexibility index (Phi) is 4.44. The molecule has 1 aliphatic heterocycles. The summed E-state index contributed by atoms with van der Waals surface area (Å²) in [5.74, 6) is 1.66. The van der Waals surface area contributed by atoms with Crippen molar-refractivity contribution in [2.24, 2.45) is 10.9 Å². The minimum Gasteiger partial charge on any atom is -0.347 e. The van der Waals surface area contributed by atoms with Crippen LogP contribution >= 0.6 is 0 Å². The molecule has 0 aromatic heterocycles. The highest BCUT2D eigenvalue weighted by atomic mass is 15.0. The van der Waals surface area contributed by atoms with Crippen LogP contribution in [0.5, 0.6) is 0 Å². The van der Waals surface area contributed by atoms with Crippen molar-refractivity contribution in [1.82, 2.24) is 5.32 Å². The van der Waals surface area contributed by atoms with Gasteiger partial charge in [-0.15, -0.1) is 0 Å². The van der Waals surface area contributed by atoms with Crippen LogP contribution in [0.4, 0.5) is 0 Å². The first kappa shape index (κ1) is 11.0. The lowest BCUT2D eigenvalue weighted by atomic mass is 9.99. The third-order valence-corrected chi connectivity index (χ3v) is 2.55. The molecule has 0 saturated carbocycles. The van der Waals surface area contributed by atoms with Gasteiger partial charge in [0.1, 0.15) is 5.84 Å². The normalized spacial score (nSPS) is 21.6. The van der Waals surface area contributed by atoms with Crippen molar-refractivity contribution in [2.45, 2.75) is 33.1 Å². The monoisotopic (exact) mass is 192 g/mol. The van der Waals surface area contributed by atoms with Crippen LogP contribution in [0.15, 0.2) is 29.4 Å². The molecular weight excluding hydrogens is 172 g/mol. The second-order valence-electron chi connectivity index (χ2n) is 3.76. The van der Waals surface area contributed by atoms with Gasteiger partial charge in [0.05, 0.1) is 0 Å². The van der Waals surface area contributed by atoms with Gasteiger partial charge in [0.25, 0.3) is 0 Å². The van der Waals surface area contributed by atoms with E-state index in [1.165, 1.54) is 18.4 Å². The number of hydrogen-bond acceptors (Lipinski definition) is 2. The number of nitrogens with zero attached hydrogens (tertiary/aromatic N) is 1. The van der Waals surface area contributed by atoms with E-state index in [1.54, 1.807) is 6.20 Å². The number of hydrogen-bond donors (Lipinski definition) is 1. The van der Waals surface area contributed by atoms with E-state index in [2.05, 4.69) is 36.8 Å². The molecular formula is C12H20N2. The minimum atomic E-state index is 0.639.